The van der Waals surface area contributed by atoms with Gasteiger partial charge in [-0.25, -0.2) is 4.39 Å². The zero-order chi connectivity index (χ0) is 28.4. The smallest absolute Gasteiger partial charge is 0.318 e. The van der Waals surface area contributed by atoms with Gasteiger partial charge in [-0.15, -0.1) is 0 Å². The van der Waals surface area contributed by atoms with Gasteiger partial charge in [0.2, 0.25) is 0 Å². The van der Waals surface area contributed by atoms with Gasteiger partial charge in [-0.1, -0.05) is 13.0 Å². The Hall–Kier alpha value is -3.00. The minimum absolute atomic E-state index is 0.119. The Kier molecular flexibility index (Phi) is 6.60. The van der Waals surface area contributed by atoms with Crippen molar-refractivity contribution in [1.82, 2.24) is 14.9 Å². The summed E-state index contributed by atoms with van der Waals surface area (Å²) in [7, 11) is 0. The van der Waals surface area contributed by atoms with Crippen LogP contribution in [0.4, 0.5) is 15.9 Å². The predicted molar refractivity (Wildman–Crippen MR) is 151 cm³/mol. The molecule has 0 bridgehead atoms. The first-order valence-corrected chi connectivity index (χ1v) is 15.1. The Morgan fingerprint density at radius 1 is 1.27 bits per heavy atom. The highest BCUT2D eigenvalue weighted by molar-refractivity contribution is 5.64. The fraction of sp³-hybridized carbons (Fsp3) is 0.645. The van der Waals surface area contributed by atoms with Gasteiger partial charge in [0, 0.05) is 55.4 Å². The van der Waals surface area contributed by atoms with Gasteiger partial charge >= 0.3 is 6.01 Å². The normalized spacial score (nSPS) is 32.2. The van der Waals surface area contributed by atoms with Crippen LogP contribution in [0.15, 0.2) is 12.1 Å². The van der Waals surface area contributed by atoms with Gasteiger partial charge in [0.25, 0.3) is 0 Å². The van der Waals surface area contributed by atoms with E-state index in [0.29, 0.717) is 62.2 Å². The van der Waals surface area contributed by atoms with E-state index in [2.05, 4.69) is 22.8 Å². The molecule has 2 aromatic rings. The van der Waals surface area contributed by atoms with Crippen LogP contribution in [-0.4, -0.2) is 70.6 Å². The summed E-state index contributed by atoms with van der Waals surface area (Å²) in [6.45, 7) is 5.21. The number of benzene rings is 1. The van der Waals surface area contributed by atoms with Crippen molar-refractivity contribution in [2.45, 2.75) is 94.2 Å². The molecule has 41 heavy (non-hydrogen) atoms. The summed E-state index contributed by atoms with van der Waals surface area (Å²) in [6.07, 6.45) is 5.48. The Labute approximate surface area is 240 Å². The fourth-order valence-electron chi connectivity index (χ4n) is 8.15. The first kappa shape index (κ1) is 26.9. The average molecular weight is 563 g/mol. The quantitative estimate of drug-likeness (QED) is 0.508. The fourth-order valence-corrected chi connectivity index (χ4v) is 8.15. The summed E-state index contributed by atoms with van der Waals surface area (Å²) in [4.78, 5) is 14.4. The Balaban J connectivity index is 1.27. The van der Waals surface area contributed by atoms with Crippen molar-refractivity contribution in [3.05, 3.63) is 40.1 Å². The van der Waals surface area contributed by atoms with Gasteiger partial charge in [0.15, 0.2) is 0 Å². The standard InChI is InChI=1S/C31H39FN6O3/c1-19-5-9-31(27-22(19)3-4-25(34)23(27)15-33)14-26-24(17-41-31)28(38-11-6-21(38)7-12-39)36-29(35-26)40-18-30-8-2-10-37(30)16-20(32)13-30/h3-4,19-21,39H,2,5-14,16-18,34H2,1H3/t19-,20+,21-,30-,31-/m0/s1. The van der Waals surface area contributed by atoms with E-state index in [9.17, 15) is 14.8 Å². The third-order valence-corrected chi connectivity index (χ3v) is 10.5. The third-order valence-electron chi connectivity index (χ3n) is 10.5. The number of nitriles is 1. The number of ether oxygens (including phenoxy) is 2. The first-order chi connectivity index (χ1) is 19.9. The van der Waals surface area contributed by atoms with Crippen LogP contribution in [0.2, 0.25) is 0 Å². The van der Waals surface area contributed by atoms with Gasteiger partial charge < -0.3 is 25.2 Å². The number of hydrogen-bond donors (Lipinski definition) is 2. The van der Waals surface area contributed by atoms with Crippen LogP contribution in [0.5, 0.6) is 6.01 Å². The number of anilines is 2. The number of aromatic nitrogens is 2. The number of halogens is 1. The molecule has 5 atom stereocenters. The van der Waals surface area contributed by atoms with E-state index >= 15 is 0 Å². The molecule has 5 aliphatic rings. The number of nitrogens with zero attached hydrogens (tertiary/aromatic N) is 5. The largest absolute Gasteiger partial charge is 0.461 e. The highest BCUT2D eigenvalue weighted by Crippen LogP contribution is 2.51. The van der Waals surface area contributed by atoms with Gasteiger partial charge in [0.05, 0.1) is 23.4 Å². The molecule has 3 N–H and O–H groups in total. The minimum atomic E-state index is -0.827. The summed E-state index contributed by atoms with van der Waals surface area (Å²) in [5.74, 6) is 1.10. The number of nitrogen functional groups attached to an aromatic ring is 1. The van der Waals surface area contributed by atoms with Gasteiger partial charge in [0.1, 0.15) is 30.3 Å². The molecule has 7 rings (SSSR count). The van der Waals surface area contributed by atoms with E-state index in [1.165, 1.54) is 0 Å². The van der Waals surface area contributed by atoms with Crippen molar-refractivity contribution in [3.8, 4) is 12.1 Å². The van der Waals surface area contributed by atoms with E-state index in [1.54, 1.807) is 0 Å². The lowest BCUT2D eigenvalue weighted by molar-refractivity contribution is -0.0874. The maximum atomic E-state index is 14.4. The molecule has 10 heteroatoms. The molecule has 3 fully saturated rings. The van der Waals surface area contributed by atoms with Crippen molar-refractivity contribution in [3.63, 3.8) is 0 Å². The van der Waals surface area contributed by atoms with Crippen molar-refractivity contribution >= 4 is 11.5 Å². The molecule has 3 saturated heterocycles. The van der Waals surface area contributed by atoms with Gasteiger partial charge in [-0.3, -0.25) is 4.90 Å². The Morgan fingerprint density at radius 3 is 2.93 bits per heavy atom. The van der Waals surface area contributed by atoms with Crippen LogP contribution in [0.3, 0.4) is 0 Å². The van der Waals surface area contributed by atoms with E-state index in [4.69, 9.17) is 25.2 Å². The second-order valence-electron chi connectivity index (χ2n) is 12.8. The molecular weight excluding hydrogens is 523 g/mol. The zero-order valence-corrected chi connectivity index (χ0v) is 23.7. The number of rotatable bonds is 6. The topological polar surface area (TPSA) is 121 Å². The number of alkyl halides is 1. The summed E-state index contributed by atoms with van der Waals surface area (Å²) >= 11 is 0. The molecule has 1 aliphatic carbocycles. The van der Waals surface area contributed by atoms with Gasteiger partial charge in [-0.2, -0.15) is 15.2 Å². The summed E-state index contributed by atoms with van der Waals surface area (Å²) < 4.78 is 27.5. The summed E-state index contributed by atoms with van der Waals surface area (Å²) in [5, 5.41) is 19.8. The number of fused-ring (bicyclic) bond motifs is 4. The summed E-state index contributed by atoms with van der Waals surface area (Å²) in [5.41, 5.74) is 10.1. The molecule has 1 aromatic heterocycles. The maximum absolute atomic E-state index is 14.4. The number of aliphatic hydroxyl groups excluding tert-OH is 1. The minimum Gasteiger partial charge on any atom is -0.461 e. The lowest BCUT2D eigenvalue weighted by Crippen LogP contribution is -2.50. The zero-order valence-electron chi connectivity index (χ0n) is 23.7. The number of aliphatic hydroxyl groups is 1. The molecule has 218 valence electrons. The molecule has 9 nitrogen and oxygen atoms in total. The van der Waals surface area contributed by atoms with Crippen LogP contribution in [0, 0.1) is 11.3 Å². The molecule has 1 aromatic carbocycles. The first-order valence-electron chi connectivity index (χ1n) is 15.1. The van der Waals surface area contributed by atoms with E-state index in [-0.39, 0.29) is 18.2 Å². The van der Waals surface area contributed by atoms with E-state index in [0.717, 1.165) is 73.4 Å². The van der Waals surface area contributed by atoms with Crippen LogP contribution in [0.25, 0.3) is 0 Å². The average Bonchev–Trinajstić information content (AvgIpc) is 3.47. The molecule has 5 heterocycles. The molecule has 4 aliphatic heterocycles. The Morgan fingerprint density at radius 2 is 2.15 bits per heavy atom. The lowest BCUT2D eigenvalue weighted by atomic mass is 9.69. The van der Waals surface area contributed by atoms with Crippen molar-refractivity contribution in [2.24, 2.45) is 0 Å². The maximum Gasteiger partial charge on any atom is 0.318 e. The van der Waals surface area contributed by atoms with Crippen LogP contribution in [0.1, 0.15) is 85.7 Å². The van der Waals surface area contributed by atoms with E-state index < -0.39 is 11.8 Å². The second kappa shape index (κ2) is 10.1. The second-order valence-corrected chi connectivity index (χ2v) is 12.8. The lowest BCUT2D eigenvalue weighted by Gasteiger charge is -2.47. The molecule has 0 unspecified atom stereocenters. The highest BCUT2D eigenvalue weighted by Gasteiger charge is 2.50. The van der Waals surface area contributed by atoms with E-state index in [1.807, 2.05) is 12.1 Å². The van der Waals surface area contributed by atoms with Crippen molar-refractivity contribution < 1.29 is 19.0 Å². The van der Waals surface area contributed by atoms with Crippen molar-refractivity contribution in [2.75, 3.05) is 43.5 Å². The molecule has 0 saturated carbocycles. The van der Waals surface area contributed by atoms with Crippen molar-refractivity contribution in [1.29, 1.82) is 5.26 Å². The molecule has 0 amide bonds. The van der Waals surface area contributed by atoms with Crippen LogP contribution < -0.4 is 15.4 Å². The van der Waals surface area contributed by atoms with Crippen LogP contribution in [-0.2, 0) is 23.4 Å². The Bertz CT molecular complexity index is 1400. The number of nitrogens with two attached hydrogens (primary N) is 1. The number of hydrogen-bond acceptors (Lipinski definition) is 9. The molecular formula is C31H39FN6O3. The monoisotopic (exact) mass is 562 g/mol. The summed E-state index contributed by atoms with van der Waals surface area (Å²) in [6, 6.07) is 6.75. The third kappa shape index (κ3) is 4.27. The molecule has 0 radical (unpaired) electrons. The predicted octanol–water partition coefficient (Wildman–Crippen LogP) is 3.71. The highest BCUT2D eigenvalue weighted by atomic mass is 19.1. The van der Waals surface area contributed by atoms with Gasteiger partial charge in [-0.05, 0) is 62.6 Å². The van der Waals surface area contributed by atoms with Crippen LogP contribution >= 0.6 is 0 Å². The SMILES string of the molecule is C[C@H]1CC[C@]2(Cc3nc(OC[C@@]45CCCN4C[C@H](F)C5)nc(N4CC[C@H]4CCO)c3CO2)c2c1ccc(N)c2C#N. The molecule has 1 spiro atoms.